The predicted octanol–water partition coefficient (Wildman–Crippen LogP) is 3.92. The number of carbonyl (C=O) groups is 1. The van der Waals surface area contributed by atoms with Gasteiger partial charge in [0.1, 0.15) is 0 Å². The highest BCUT2D eigenvalue weighted by atomic mass is 32.1. The van der Waals surface area contributed by atoms with Gasteiger partial charge < -0.3 is 4.90 Å². The summed E-state index contributed by atoms with van der Waals surface area (Å²) in [5, 5.41) is 1.01. The summed E-state index contributed by atoms with van der Waals surface area (Å²) in [6, 6.07) is 0. The van der Waals surface area contributed by atoms with Gasteiger partial charge in [-0.25, -0.2) is 4.98 Å². The molecule has 1 aromatic heterocycles. The van der Waals surface area contributed by atoms with Crippen molar-refractivity contribution in [1.29, 1.82) is 0 Å². The van der Waals surface area contributed by atoms with E-state index >= 15 is 0 Å². The molecule has 19 heavy (non-hydrogen) atoms. The maximum Gasteiger partial charge on any atom is 0.185 e. The van der Waals surface area contributed by atoms with Gasteiger partial charge in [0.15, 0.2) is 11.4 Å². The van der Waals surface area contributed by atoms with Gasteiger partial charge in [0, 0.05) is 13.6 Å². The average molecular weight is 280 g/mol. The molecule has 0 spiro atoms. The van der Waals surface area contributed by atoms with Crippen LogP contribution in [0.15, 0.2) is 0 Å². The number of thiazole rings is 1. The minimum absolute atomic E-state index is 0.803. The van der Waals surface area contributed by atoms with Crippen LogP contribution in [0, 0.1) is 5.92 Å². The Hall–Kier alpha value is -0.900. The van der Waals surface area contributed by atoms with E-state index in [0.717, 1.165) is 47.3 Å². The molecule has 0 radical (unpaired) electrons. The number of carbonyl (C=O) groups excluding carboxylic acids is 1. The number of aldehydes is 1. The molecule has 0 atom stereocenters. The highest BCUT2D eigenvalue weighted by Crippen LogP contribution is 2.29. The van der Waals surface area contributed by atoms with E-state index in [1.165, 1.54) is 32.1 Å². The molecule has 0 aromatic carbocycles. The molecular formula is C15H24N2OS. The third-order valence-electron chi connectivity index (χ3n) is 3.89. The average Bonchev–Trinajstić information content (AvgIpc) is 2.83. The summed E-state index contributed by atoms with van der Waals surface area (Å²) in [4.78, 5) is 18.8. The lowest BCUT2D eigenvalue weighted by molar-refractivity contribution is 0.112. The van der Waals surface area contributed by atoms with Gasteiger partial charge in [-0.1, -0.05) is 43.9 Å². The van der Waals surface area contributed by atoms with Gasteiger partial charge in [-0.05, 0) is 25.2 Å². The van der Waals surface area contributed by atoms with Crippen LogP contribution in [-0.2, 0) is 6.42 Å². The number of aromatic nitrogens is 1. The number of hydrogen-bond donors (Lipinski definition) is 0. The van der Waals surface area contributed by atoms with Gasteiger partial charge in [0.2, 0.25) is 0 Å². The Morgan fingerprint density at radius 2 is 2.11 bits per heavy atom. The molecule has 2 rings (SSSR count). The highest BCUT2D eigenvalue weighted by Gasteiger charge is 2.18. The van der Waals surface area contributed by atoms with Gasteiger partial charge >= 0.3 is 0 Å². The molecule has 0 saturated heterocycles. The van der Waals surface area contributed by atoms with Crippen molar-refractivity contribution in [3.05, 3.63) is 10.6 Å². The minimum Gasteiger partial charge on any atom is -0.351 e. The highest BCUT2D eigenvalue weighted by molar-refractivity contribution is 7.17. The molecule has 0 N–H and O–H groups in total. The molecule has 1 aliphatic rings. The predicted molar refractivity (Wildman–Crippen MR) is 81.3 cm³/mol. The summed E-state index contributed by atoms with van der Waals surface area (Å²) >= 11 is 1.54. The van der Waals surface area contributed by atoms with Crippen LogP contribution < -0.4 is 4.90 Å². The lowest BCUT2D eigenvalue weighted by Gasteiger charge is -2.26. The first-order valence-electron chi connectivity index (χ1n) is 7.40. The van der Waals surface area contributed by atoms with E-state index < -0.39 is 0 Å². The second-order valence-corrected chi connectivity index (χ2v) is 6.57. The van der Waals surface area contributed by atoms with Crippen LogP contribution in [-0.4, -0.2) is 24.9 Å². The van der Waals surface area contributed by atoms with E-state index in [-0.39, 0.29) is 0 Å². The van der Waals surface area contributed by atoms with Gasteiger partial charge in [0.25, 0.3) is 0 Å². The third-order valence-corrected chi connectivity index (χ3v) is 5.03. The summed E-state index contributed by atoms with van der Waals surface area (Å²) < 4.78 is 0. The zero-order valence-corrected chi connectivity index (χ0v) is 12.8. The Bertz CT molecular complexity index is 410. The van der Waals surface area contributed by atoms with E-state index in [4.69, 9.17) is 0 Å². The van der Waals surface area contributed by atoms with Gasteiger partial charge in [-0.15, -0.1) is 0 Å². The molecule has 1 saturated carbocycles. The topological polar surface area (TPSA) is 33.2 Å². The molecule has 0 amide bonds. The molecule has 1 aliphatic carbocycles. The van der Waals surface area contributed by atoms with Crippen LogP contribution in [0.25, 0.3) is 0 Å². The summed E-state index contributed by atoms with van der Waals surface area (Å²) in [5.74, 6) is 0.803. The minimum atomic E-state index is 0.803. The molecule has 3 nitrogen and oxygen atoms in total. The molecule has 0 unspecified atom stereocenters. The van der Waals surface area contributed by atoms with Crippen molar-refractivity contribution < 1.29 is 4.79 Å². The van der Waals surface area contributed by atoms with E-state index in [1.54, 1.807) is 11.3 Å². The molecular weight excluding hydrogens is 256 g/mol. The fraction of sp³-hybridized carbons (Fsp3) is 0.733. The Labute approximate surface area is 120 Å². The second kappa shape index (κ2) is 7.04. The normalized spacial score (nSPS) is 16.5. The number of nitrogens with zero attached hydrogens (tertiary/aromatic N) is 2. The van der Waals surface area contributed by atoms with E-state index in [9.17, 15) is 4.79 Å². The molecule has 106 valence electrons. The van der Waals surface area contributed by atoms with Crippen molar-refractivity contribution in [3.8, 4) is 0 Å². The van der Waals surface area contributed by atoms with Crippen LogP contribution in [0.2, 0.25) is 0 Å². The molecule has 0 bridgehead atoms. The fourth-order valence-corrected chi connectivity index (χ4v) is 3.75. The monoisotopic (exact) mass is 280 g/mol. The van der Waals surface area contributed by atoms with E-state index in [0.29, 0.717) is 0 Å². The van der Waals surface area contributed by atoms with Crippen LogP contribution in [0.1, 0.15) is 60.8 Å². The number of hydrogen-bond acceptors (Lipinski definition) is 4. The number of rotatable bonds is 6. The van der Waals surface area contributed by atoms with Gasteiger partial charge in [-0.3, -0.25) is 4.79 Å². The van der Waals surface area contributed by atoms with E-state index in [2.05, 4.69) is 23.9 Å². The van der Waals surface area contributed by atoms with Crippen molar-refractivity contribution in [2.24, 2.45) is 5.92 Å². The second-order valence-electron chi connectivity index (χ2n) is 5.56. The van der Waals surface area contributed by atoms with Crippen LogP contribution in [0.4, 0.5) is 5.13 Å². The van der Waals surface area contributed by atoms with Crippen LogP contribution >= 0.6 is 11.3 Å². The maximum absolute atomic E-state index is 11.1. The number of aryl methyl sites for hydroxylation is 1. The summed E-state index contributed by atoms with van der Waals surface area (Å²) in [6.45, 7) is 3.21. The molecule has 4 heteroatoms. The zero-order valence-electron chi connectivity index (χ0n) is 12.0. The SMILES string of the molecule is CCCc1nc(N(C)CC2CCCCC2)sc1C=O. The largest absolute Gasteiger partial charge is 0.351 e. The molecule has 0 aliphatic heterocycles. The lowest BCUT2D eigenvalue weighted by Crippen LogP contribution is -2.26. The smallest absolute Gasteiger partial charge is 0.185 e. The van der Waals surface area contributed by atoms with Gasteiger partial charge in [-0.2, -0.15) is 0 Å². The molecule has 1 heterocycles. The van der Waals surface area contributed by atoms with Crippen LogP contribution in [0.3, 0.4) is 0 Å². The van der Waals surface area contributed by atoms with Gasteiger partial charge in [0.05, 0.1) is 10.6 Å². The Morgan fingerprint density at radius 3 is 2.74 bits per heavy atom. The summed E-state index contributed by atoms with van der Waals surface area (Å²) in [6.07, 6.45) is 9.73. The van der Waals surface area contributed by atoms with Crippen molar-refractivity contribution in [2.75, 3.05) is 18.5 Å². The van der Waals surface area contributed by atoms with E-state index in [1.807, 2.05) is 0 Å². The third kappa shape index (κ3) is 3.78. The first-order chi connectivity index (χ1) is 9.24. The summed E-state index contributed by atoms with van der Waals surface area (Å²) in [7, 11) is 2.11. The summed E-state index contributed by atoms with van der Waals surface area (Å²) in [5.41, 5.74) is 0.980. The Morgan fingerprint density at radius 1 is 1.37 bits per heavy atom. The quantitative estimate of drug-likeness (QED) is 0.740. The lowest BCUT2D eigenvalue weighted by atomic mass is 9.89. The van der Waals surface area contributed by atoms with Crippen molar-refractivity contribution in [3.63, 3.8) is 0 Å². The molecule has 1 fully saturated rings. The standard InChI is InChI=1S/C15H24N2OS/c1-3-7-13-14(11-18)19-15(16-13)17(2)10-12-8-5-4-6-9-12/h11-12H,3-10H2,1-2H3. The Balaban J connectivity index is 2.01. The first kappa shape index (κ1) is 14.5. The van der Waals surface area contributed by atoms with Crippen LogP contribution in [0.5, 0.6) is 0 Å². The first-order valence-corrected chi connectivity index (χ1v) is 8.22. The van der Waals surface area contributed by atoms with Crippen molar-refractivity contribution in [1.82, 2.24) is 4.98 Å². The van der Waals surface area contributed by atoms with Crippen molar-refractivity contribution in [2.45, 2.75) is 51.9 Å². The fourth-order valence-electron chi connectivity index (χ4n) is 2.86. The van der Waals surface area contributed by atoms with Crippen molar-refractivity contribution >= 4 is 22.8 Å². The number of anilines is 1. The maximum atomic E-state index is 11.1. The Kier molecular flexibility index (Phi) is 5.37. The molecule has 1 aromatic rings. The zero-order chi connectivity index (χ0) is 13.7.